The molecule has 28 heavy (non-hydrogen) atoms. The van der Waals surface area contributed by atoms with Crippen molar-refractivity contribution in [2.24, 2.45) is 0 Å². The molecule has 0 aromatic heterocycles. The predicted octanol–water partition coefficient (Wildman–Crippen LogP) is 3.51. The van der Waals surface area contributed by atoms with Gasteiger partial charge >= 0.3 is 5.97 Å². The van der Waals surface area contributed by atoms with Crippen LogP contribution in [0, 0.1) is 0 Å². The summed E-state index contributed by atoms with van der Waals surface area (Å²) >= 11 is 0. The molecular formula is C22H28N2O4. The van der Waals surface area contributed by atoms with E-state index in [0.717, 1.165) is 23.6 Å². The van der Waals surface area contributed by atoms with Crippen LogP contribution in [-0.4, -0.2) is 40.9 Å². The second-order valence-corrected chi connectivity index (χ2v) is 6.83. The smallest absolute Gasteiger partial charge is 0.330 e. The Morgan fingerprint density at radius 2 is 1.61 bits per heavy atom. The molecule has 0 heterocycles. The Bertz CT molecular complexity index is 828. The number of nitrogens with one attached hydrogen (secondary N) is 1. The van der Waals surface area contributed by atoms with E-state index in [1.165, 1.54) is 0 Å². The zero-order valence-electron chi connectivity index (χ0n) is 16.5. The Morgan fingerprint density at radius 1 is 0.964 bits per heavy atom. The molecule has 150 valence electrons. The van der Waals surface area contributed by atoms with Crippen LogP contribution in [0.15, 0.2) is 42.5 Å². The van der Waals surface area contributed by atoms with Gasteiger partial charge in [-0.3, -0.25) is 9.59 Å². The summed E-state index contributed by atoms with van der Waals surface area (Å²) in [6.07, 6.45) is 1.78. The van der Waals surface area contributed by atoms with Crippen molar-refractivity contribution >= 4 is 28.6 Å². The number of benzene rings is 2. The minimum atomic E-state index is -1.14. The van der Waals surface area contributed by atoms with Crippen molar-refractivity contribution in [3.63, 3.8) is 0 Å². The number of fused-ring (bicyclic) bond motifs is 1. The highest BCUT2D eigenvalue weighted by molar-refractivity contribution is 5.89. The van der Waals surface area contributed by atoms with Crippen LogP contribution >= 0.6 is 0 Å². The van der Waals surface area contributed by atoms with Crippen molar-refractivity contribution < 1.29 is 19.5 Å². The van der Waals surface area contributed by atoms with E-state index in [-0.39, 0.29) is 18.7 Å². The fourth-order valence-electron chi connectivity index (χ4n) is 3.19. The third-order valence-corrected chi connectivity index (χ3v) is 4.56. The summed E-state index contributed by atoms with van der Waals surface area (Å²) in [7, 11) is 0. The molecule has 6 heteroatoms. The molecule has 0 aliphatic carbocycles. The number of rotatable bonds is 10. The molecule has 2 rings (SSSR count). The first-order valence-corrected chi connectivity index (χ1v) is 9.74. The van der Waals surface area contributed by atoms with Gasteiger partial charge in [0.2, 0.25) is 11.8 Å². The van der Waals surface area contributed by atoms with Crippen LogP contribution < -0.4 is 5.32 Å². The minimum absolute atomic E-state index is 0.0277. The molecule has 1 unspecified atom stereocenters. The summed E-state index contributed by atoms with van der Waals surface area (Å²) in [4.78, 5) is 38.0. The quantitative estimate of drug-likeness (QED) is 0.656. The SMILES string of the molecule is CCCN(CCC)C(=O)CCC(=O)NC(C(=O)O)c1ccc2ccccc2c1. The Morgan fingerprint density at radius 3 is 2.21 bits per heavy atom. The largest absolute Gasteiger partial charge is 0.479 e. The normalized spacial score (nSPS) is 11.8. The number of nitrogens with zero attached hydrogens (tertiary/aromatic N) is 1. The molecular weight excluding hydrogens is 356 g/mol. The first kappa shape index (κ1) is 21.4. The topological polar surface area (TPSA) is 86.7 Å². The van der Waals surface area contributed by atoms with Gasteiger partial charge in [-0.1, -0.05) is 50.2 Å². The van der Waals surface area contributed by atoms with Crippen molar-refractivity contribution in [3.8, 4) is 0 Å². The fraction of sp³-hybridized carbons (Fsp3) is 0.409. The molecule has 2 amide bonds. The van der Waals surface area contributed by atoms with Crippen molar-refractivity contribution in [1.82, 2.24) is 10.2 Å². The van der Waals surface area contributed by atoms with Crippen molar-refractivity contribution in [2.45, 2.75) is 45.6 Å². The summed E-state index contributed by atoms with van der Waals surface area (Å²) in [5.41, 5.74) is 0.504. The number of carboxylic acids is 1. The molecule has 0 spiro atoms. The summed E-state index contributed by atoms with van der Waals surface area (Å²) < 4.78 is 0. The molecule has 0 aliphatic heterocycles. The molecule has 0 fully saturated rings. The molecule has 1 atom stereocenters. The number of hydrogen-bond acceptors (Lipinski definition) is 3. The Balaban J connectivity index is 2.02. The van der Waals surface area contributed by atoms with Gasteiger partial charge in [0.15, 0.2) is 6.04 Å². The monoisotopic (exact) mass is 384 g/mol. The predicted molar refractivity (Wildman–Crippen MR) is 109 cm³/mol. The maximum atomic E-state index is 12.3. The molecule has 6 nitrogen and oxygen atoms in total. The van der Waals surface area contributed by atoms with Crippen LogP contribution in [-0.2, 0) is 14.4 Å². The van der Waals surface area contributed by atoms with Crippen molar-refractivity contribution in [2.75, 3.05) is 13.1 Å². The van der Waals surface area contributed by atoms with E-state index in [9.17, 15) is 19.5 Å². The molecule has 0 aliphatic rings. The summed E-state index contributed by atoms with van der Waals surface area (Å²) in [6, 6.07) is 11.8. The van der Waals surface area contributed by atoms with E-state index in [4.69, 9.17) is 0 Å². The van der Waals surface area contributed by atoms with Gasteiger partial charge in [0.25, 0.3) is 0 Å². The lowest BCUT2D eigenvalue weighted by atomic mass is 10.0. The van der Waals surface area contributed by atoms with Crippen LogP contribution in [0.1, 0.15) is 51.1 Å². The highest BCUT2D eigenvalue weighted by Crippen LogP contribution is 2.21. The molecule has 0 saturated carbocycles. The van der Waals surface area contributed by atoms with Crippen LogP contribution in [0.4, 0.5) is 0 Å². The van der Waals surface area contributed by atoms with Gasteiger partial charge in [0.1, 0.15) is 0 Å². The van der Waals surface area contributed by atoms with E-state index in [1.54, 1.807) is 17.0 Å². The molecule has 0 saturated heterocycles. The molecule has 0 radical (unpaired) electrons. The fourth-order valence-corrected chi connectivity index (χ4v) is 3.19. The lowest BCUT2D eigenvalue weighted by Crippen LogP contribution is -2.36. The minimum Gasteiger partial charge on any atom is -0.479 e. The maximum Gasteiger partial charge on any atom is 0.330 e. The molecule has 2 N–H and O–H groups in total. The Kier molecular flexibility index (Phi) is 7.99. The van der Waals surface area contributed by atoms with Gasteiger partial charge in [-0.05, 0) is 35.2 Å². The average molecular weight is 384 g/mol. The van der Waals surface area contributed by atoms with Gasteiger partial charge in [-0.2, -0.15) is 0 Å². The van der Waals surface area contributed by atoms with Crippen molar-refractivity contribution in [3.05, 3.63) is 48.0 Å². The lowest BCUT2D eigenvalue weighted by molar-refractivity contribution is -0.142. The van der Waals surface area contributed by atoms with Crippen molar-refractivity contribution in [1.29, 1.82) is 0 Å². The highest BCUT2D eigenvalue weighted by Gasteiger charge is 2.23. The number of carbonyl (C=O) groups excluding carboxylic acids is 2. The average Bonchev–Trinajstić information content (AvgIpc) is 2.69. The molecule has 0 bridgehead atoms. The van der Waals surface area contributed by atoms with Gasteiger partial charge < -0.3 is 15.3 Å². The zero-order chi connectivity index (χ0) is 20.5. The van der Waals surface area contributed by atoms with E-state index in [2.05, 4.69) is 5.32 Å². The van der Waals surface area contributed by atoms with Gasteiger partial charge in [-0.15, -0.1) is 0 Å². The van der Waals surface area contributed by atoms with E-state index < -0.39 is 17.9 Å². The van der Waals surface area contributed by atoms with Crippen LogP contribution in [0.5, 0.6) is 0 Å². The van der Waals surface area contributed by atoms with E-state index in [0.29, 0.717) is 18.7 Å². The van der Waals surface area contributed by atoms with Crippen LogP contribution in [0.3, 0.4) is 0 Å². The number of carboxylic acid groups (broad SMARTS) is 1. The Labute approximate surface area is 165 Å². The van der Waals surface area contributed by atoms with E-state index >= 15 is 0 Å². The summed E-state index contributed by atoms with van der Waals surface area (Å²) in [6.45, 7) is 5.35. The number of carbonyl (C=O) groups is 3. The highest BCUT2D eigenvalue weighted by atomic mass is 16.4. The van der Waals surface area contributed by atoms with Gasteiger partial charge in [0, 0.05) is 25.9 Å². The van der Waals surface area contributed by atoms with Crippen LogP contribution in [0.25, 0.3) is 10.8 Å². The first-order chi connectivity index (χ1) is 13.5. The second kappa shape index (κ2) is 10.4. The molecule has 2 aromatic carbocycles. The second-order valence-electron chi connectivity index (χ2n) is 6.83. The standard InChI is InChI=1S/C22H28N2O4/c1-3-13-24(14-4-2)20(26)12-11-19(25)23-21(22(27)28)18-10-9-16-7-5-6-8-17(16)15-18/h5-10,15,21H,3-4,11-14H2,1-2H3,(H,23,25)(H,27,28). The summed E-state index contributed by atoms with van der Waals surface area (Å²) in [5, 5.41) is 14.0. The summed E-state index contributed by atoms with van der Waals surface area (Å²) in [5.74, 6) is -1.65. The third-order valence-electron chi connectivity index (χ3n) is 4.56. The van der Waals surface area contributed by atoms with E-state index in [1.807, 2.05) is 44.2 Å². The number of hydrogen-bond donors (Lipinski definition) is 2. The lowest BCUT2D eigenvalue weighted by Gasteiger charge is -2.21. The first-order valence-electron chi connectivity index (χ1n) is 9.74. The van der Waals surface area contributed by atoms with Gasteiger partial charge in [0.05, 0.1) is 0 Å². The maximum absolute atomic E-state index is 12.3. The number of aliphatic carboxylic acids is 1. The molecule has 2 aromatic rings. The van der Waals surface area contributed by atoms with Crippen LogP contribution in [0.2, 0.25) is 0 Å². The number of amides is 2. The third kappa shape index (κ3) is 5.81. The Hall–Kier alpha value is -2.89. The van der Waals surface area contributed by atoms with Gasteiger partial charge in [-0.25, -0.2) is 4.79 Å². The zero-order valence-corrected chi connectivity index (χ0v) is 16.5.